The third-order valence-electron chi connectivity index (χ3n) is 5.64. The molecule has 4 atom stereocenters. The maximum Gasteiger partial charge on any atom is 0.170 e. The molecule has 0 aromatic rings. The molecule has 0 aromatic carbocycles. The minimum absolute atomic E-state index is 0.298. The number of morpholine rings is 1. The summed E-state index contributed by atoms with van der Waals surface area (Å²) in [4.78, 5) is 2.66. The Balaban J connectivity index is 1.50. The minimum atomic E-state index is -0.298. The third kappa shape index (κ3) is 2.75. The average molecular weight is 296 g/mol. The molecule has 120 valence electrons. The summed E-state index contributed by atoms with van der Waals surface area (Å²) in [6.45, 7) is 6.91. The van der Waals surface area contributed by atoms with Crippen LogP contribution in [-0.2, 0) is 14.2 Å². The standard InChI is InChI=1S/C16H28N2O3/c1-2-17-14-5-6-16(19-7-8-20-16)9-15(14)18-10-12-3-4-13(11-18)21-12/h12-15,17H,2-11H2,1H3. The predicted octanol–water partition coefficient (Wildman–Crippen LogP) is 1.12. The van der Waals surface area contributed by atoms with E-state index in [-0.39, 0.29) is 5.79 Å². The van der Waals surface area contributed by atoms with Crippen molar-refractivity contribution < 1.29 is 14.2 Å². The minimum Gasteiger partial charge on any atom is -0.372 e. The van der Waals surface area contributed by atoms with Crippen molar-refractivity contribution in [3.05, 3.63) is 0 Å². The molecule has 1 aliphatic carbocycles. The summed E-state index contributed by atoms with van der Waals surface area (Å²) >= 11 is 0. The fourth-order valence-corrected chi connectivity index (χ4v) is 4.69. The molecule has 1 spiro atoms. The van der Waals surface area contributed by atoms with Crippen molar-refractivity contribution in [1.82, 2.24) is 10.2 Å². The van der Waals surface area contributed by atoms with Crippen LogP contribution in [0.5, 0.6) is 0 Å². The molecule has 3 aliphatic heterocycles. The third-order valence-corrected chi connectivity index (χ3v) is 5.64. The van der Waals surface area contributed by atoms with Gasteiger partial charge in [-0.25, -0.2) is 0 Å². The Bertz CT molecular complexity index is 361. The van der Waals surface area contributed by atoms with E-state index < -0.39 is 0 Å². The maximum atomic E-state index is 6.01. The summed E-state index contributed by atoms with van der Waals surface area (Å²) in [6.07, 6.45) is 6.55. The van der Waals surface area contributed by atoms with Crippen molar-refractivity contribution in [2.45, 2.75) is 69.1 Å². The van der Waals surface area contributed by atoms with E-state index in [0.29, 0.717) is 24.3 Å². The summed E-state index contributed by atoms with van der Waals surface area (Å²) in [5.41, 5.74) is 0. The highest BCUT2D eigenvalue weighted by molar-refractivity contribution is 4.99. The summed E-state index contributed by atoms with van der Waals surface area (Å²) in [7, 11) is 0. The molecule has 21 heavy (non-hydrogen) atoms. The number of hydrogen-bond donors (Lipinski definition) is 1. The number of fused-ring (bicyclic) bond motifs is 2. The van der Waals surface area contributed by atoms with Crippen LogP contribution in [0, 0.1) is 0 Å². The molecule has 4 aliphatic rings. The summed E-state index contributed by atoms with van der Waals surface area (Å²) < 4.78 is 18.0. The van der Waals surface area contributed by atoms with Gasteiger partial charge in [-0.2, -0.15) is 0 Å². The maximum absolute atomic E-state index is 6.01. The first-order valence-corrected chi connectivity index (χ1v) is 8.69. The van der Waals surface area contributed by atoms with Gasteiger partial charge in [0.15, 0.2) is 5.79 Å². The fourth-order valence-electron chi connectivity index (χ4n) is 4.69. The van der Waals surface area contributed by atoms with Crippen LogP contribution in [0.1, 0.15) is 39.0 Å². The van der Waals surface area contributed by atoms with E-state index in [2.05, 4.69) is 17.1 Å². The summed E-state index contributed by atoms with van der Waals surface area (Å²) in [5, 5.41) is 3.69. The van der Waals surface area contributed by atoms with Gasteiger partial charge < -0.3 is 19.5 Å². The topological polar surface area (TPSA) is 43.0 Å². The first-order valence-electron chi connectivity index (χ1n) is 8.69. The Labute approximate surface area is 127 Å². The summed E-state index contributed by atoms with van der Waals surface area (Å²) in [6, 6.07) is 1.08. The van der Waals surface area contributed by atoms with Crippen LogP contribution < -0.4 is 5.32 Å². The number of ether oxygens (including phenoxy) is 3. The van der Waals surface area contributed by atoms with Gasteiger partial charge in [-0.15, -0.1) is 0 Å². The molecule has 4 fully saturated rings. The molecule has 5 heteroatoms. The highest BCUT2D eigenvalue weighted by atomic mass is 16.7. The molecular weight excluding hydrogens is 268 g/mol. The van der Waals surface area contributed by atoms with Crippen molar-refractivity contribution in [1.29, 1.82) is 0 Å². The molecule has 4 rings (SSSR count). The number of likely N-dealkylation sites (N-methyl/N-ethyl adjacent to an activating group) is 1. The smallest absolute Gasteiger partial charge is 0.170 e. The van der Waals surface area contributed by atoms with Gasteiger partial charge in [-0.1, -0.05) is 6.92 Å². The first kappa shape index (κ1) is 14.4. The summed E-state index contributed by atoms with van der Waals surface area (Å²) in [5.74, 6) is -0.298. The lowest BCUT2D eigenvalue weighted by atomic mass is 9.84. The normalized spacial score (nSPS) is 42.7. The van der Waals surface area contributed by atoms with Crippen LogP contribution in [0.15, 0.2) is 0 Å². The van der Waals surface area contributed by atoms with Gasteiger partial charge in [-0.3, -0.25) is 4.90 Å². The molecule has 0 amide bonds. The lowest BCUT2D eigenvalue weighted by Gasteiger charge is -2.48. The van der Waals surface area contributed by atoms with Gasteiger partial charge in [0.2, 0.25) is 0 Å². The van der Waals surface area contributed by atoms with Crippen molar-refractivity contribution in [2.75, 3.05) is 32.8 Å². The molecule has 3 heterocycles. The molecule has 0 aromatic heterocycles. The number of likely N-dealkylation sites (tertiary alicyclic amines) is 1. The number of nitrogens with one attached hydrogen (secondary N) is 1. The van der Waals surface area contributed by atoms with Gasteiger partial charge in [-0.05, 0) is 25.8 Å². The Morgan fingerprint density at radius 3 is 2.48 bits per heavy atom. The first-order chi connectivity index (χ1) is 10.3. The van der Waals surface area contributed by atoms with Crippen LogP contribution in [-0.4, -0.2) is 67.8 Å². The van der Waals surface area contributed by atoms with E-state index in [1.807, 2.05) is 0 Å². The molecule has 3 saturated heterocycles. The van der Waals surface area contributed by atoms with Crippen LogP contribution in [0.25, 0.3) is 0 Å². The fraction of sp³-hybridized carbons (Fsp3) is 1.00. The highest BCUT2D eigenvalue weighted by Crippen LogP contribution is 2.39. The lowest BCUT2D eigenvalue weighted by molar-refractivity contribution is -0.198. The second-order valence-corrected chi connectivity index (χ2v) is 6.99. The number of rotatable bonds is 3. The van der Waals surface area contributed by atoms with E-state index in [9.17, 15) is 0 Å². The molecule has 0 radical (unpaired) electrons. The van der Waals surface area contributed by atoms with Gasteiger partial charge in [0, 0.05) is 38.0 Å². The zero-order chi connectivity index (χ0) is 14.3. The van der Waals surface area contributed by atoms with Gasteiger partial charge in [0.05, 0.1) is 25.4 Å². The predicted molar refractivity (Wildman–Crippen MR) is 79.2 cm³/mol. The Kier molecular flexibility index (Phi) is 3.96. The Morgan fingerprint density at radius 2 is 1.81 bits per heavy atom. The van der Waals surface area contributed by atoms with E-state index in [0.717, 1.165) is 52.1 Å². The molecule has 2 bridgehead atoms. The Morgan fingerprint density at radius 1 is 1.10 bits per heavy atom. The Hall–Kier alpha value is -0.200. The highest BCUT2D eigenvalue weighted by Gasteiger charge is 2.48. The van der Waals surface area contributed by atoms with E-state index in [4.69, 9.17) is 14.2 Å². The zero-order valence-corrected chi connectivity index (χ0v) is 13.1. The van der Waals surface area contributed by atoms with Crippen LogP contribution in [0.4, 0.5) is 0 Å². The number of hydrogen-bond acceptors (Lipinski definition) is 5. The second-order valence-electron chi connectivity index (χ2n) is 6.99. The number of nitrogens with zero attached hydrogens (tertiary/aromatic N) is 1. The van der Waals surface area contributed by atoms with Gasteiger partial charge >= 0.3 is 0 Å². The molecule has 5 nitrogen and oxygen atoms in total. The monoisotopic (exact) mass is 296 g/mol. The quantitative estimate of drug-likeness (QED) is 0.845. The molecule has 1 saturated carbocycles. The van der Waals surface area contributed by atoms with Crippen molar-refractivity contribution in [2.24, 2.45) is 0 Å². The van der Waals surface area contributed by atoms with Crippen LogP contribution >= 0.6 is 0 Å². The van der Waals surface area contributed by atoms with E-state index in [1.54, 1.807) is 0 Å². The van der Waals surface area contributed by atoms with Crippen molar-refractivity contribution >= 4 is 0 Å². The van der Waals surface area contributed by atoms with Crippen molar-refractivity contribution in [3.8, 4) is 0 Å². The van der Waals surface area contributed by atoms with Crippen LogP contribution in [0.2, 0.25) is 0 Å². The van der Waals surface area contributed by atoms with Gasteiger partial charge in [0.25, 0.3) is 0 Å². The van der Waals surface area contributed by atoms with E-state index in [1.165, 1.54) is 12.8 Å². The zero-order valence-electron chi connectivity index (χ0n) is 13.1. The molecule has 1 N–H and O–H groups in total. The van der Waals surface area contributed by atoms with Gasteiger partial charge in [0.1, 0.15) is 0 Å². The SMILES string of the molecule is CCNC1CCC2(CC1N1CC3CCC(C1)O3)OCCO2. The van der Waals surface area contributed by atoms with E-state index >= 15 is 0 Å². The lowest BCUT2D eigenvalue weighted by Crippen LogP contribution is -2.61. The van der Waals surface area contributed by atoms with Crippen molar-refractivity contribution in [3.63, 3.8) is 0 Å². The molecule has 4 unspecified atom stereocenters. The van der Waals surface area contributed by atoms with Crippen LogP contribution in [0.3, 0.4) is 0 Å². The second kappa shape index (κ2) is 5.78. The average Bonchev–Trinajstić information content (AvgIpc) is 3.08. The molecular formula is C16H28N2O3. The largest absolute Gasteiger partial charge is 0.372 e.